The van der Waals surface area contributed by atoms with E-state index in [9.17, 15) is 0 Å². The highest BCUT2D eigenvalue weighted by Gasteiger charge is 1.76. The molecule has 0 spiro atoms. The number of aliphatic hydroxyl groups excluding tert-OH is 1. The van der Waals surface area contributed by atoms with E-state index in [1.807, 2.05) is 0 Å². The SMILES string of the molecule is CCCCN/C=C\CO. The lowest BCUT2D eigenvalue weighted by Crippen LogP contribution is -2.05. The second-order valence-electron chi connectivity index (χ2n) is 1.89. The minimum absolute atomic E-state index is 0.124. The maximum atomic E-state index is 8.30. The van der Waals surface area contributed by atoms with E-state index < -0.39 is 0 Å². The second-order valence-corrected chi connectivity index (χ2v) is 1.89. The van der Waals surface area contributed by atoms with Crippen LogP contribution in [0.25, 0.3) is 0 Å². The number of rotatable bonds is 5. The molecule has 9 heavy (non-hydrogen) atoms. The van der Waals surface area contributed by atoms with Gasteiger partial charge in [0.25, 0.3) is 0 Å². The fourth-order valence-electron chi connectivity index (χ4n) is 0.498. The lowest BCUT2D eigenvalue weighted by Gasteiger charge is -1.95. The van der Waals surface area contributed by atoms with Crippen molar-refractivity contribution in [1.29, 1.82) is 0 Å². The van der Waals surface area contributed by atoms with Crippen LogP contribution < -0.4 is 5.32 Å². The Kier molecular flexibility index (Phi) is 7.08. The van der Waals surface area contributed by atoms with Crippen LogP contribution in [-0.2, 0) is 0 Å². The second kappa shape index (κ2) is 7.50. The largest absolute Gasteiger partial charge is 0.392 e. The number of hydrogen-bond acceptors (Lipinski definition) is 2. The predicted molar refractivity (Wildman–Crippen MR) is 39.1 cm³/mol. The molecule has 0 saturated heterocycles. The van der Waals surface area contributed by atoms with Crippen LogP contribution in [0.1, 0.15) is 19.8 Å². The van der Waals surface area contributed by atoms with Crippen molar-refractivity contribution in [2.24, 2.45) is 0 Å². The molecule has 0 aliphatic rings. The maximum absolute atomic E-state index is 8.30. The van der Waals surface area contributed by atoms with E-state index in [-0.39, 0.29) is 6.61 Å². The molecule has 2 heteroatoms. The van der Waals surface area contributed by atoms with Crippen molar-refractivity contribution >= 4 is 0 Å². The van der Waals surface area contributed by atoms with E-state index in [1.165, 1.54) is 12.8 Å². The summed E-state index contributed by atoms with van der Waals surface area (Å²) in [6, 6.07) is 0. The van der Waals surface area contributed by atoms with Gasteiger partial charge in [-0.15, -0.1) is 0 Å². The van der Waals surface area contributed by atoms with Gasteiger partial charge in [0.2, 0.25) is 0 Å². The number of unbranched alkanes of at least 4 members (excludes halogenated alkanes) is 1. The zero-order valence-electron chi connectivity index (χ0n) is 5.93. The molecule has 0 aromatic heterocycles. The summed E-state index contributed by atoms with van der Waals surface area (Å²) in [5, 5.41) is 11.3. The molecule has 0 saturated carbocycles. The van der Waals surface area contributed by atoms with Crippen molar-refractivity contribution in [3.63, 3.8) is 0 Å². The Hall–Kier alpha value is -0.500. The van der Waals surface area contributed by atoms with Gasteiger partial charge in [-0.3, -0.25) is 0 Å². The first kappa shape index (κ1) is 8.50. The molecular formula is C7H15NO. The summed E-state index contributed by atoms with van der Waals surface area (Å²) in [4.78, 5) is 0. The maximum Gasteiger partial charge on any atom is 0.0629 e. The zero-order valence-corrected chi connectivity index (χ0v) is 5.93. The smallest absolute Gasteiger partial charge is 0.0629 e. The molecule has 0 fully saturated rings. The Bertz CT molecular complexity index is 71.3. The van der Waals surface area contributed by atoms with Crippen LogP contribution in [0.3, 0.4) is 0 Å². The zero-order chi connectivity index (χ0) is 6.95. The van der Waals surface area contributed by atoms with E-state index in [4.69, 9.17) is 5.11 Å². The van der Waals surface area contributed by atoms with Gasteiger partial charge in [-0.05, 0) is 18.7 Å². The topological polar surface area (TPSA) is 32.3 Å². The van der Waals surface area contributed by atoms with E-state index in [2.05, 4.69) is 12.2 Å². The van der Waals surface area contributed by atoms with E-state index in [0.717, 1.165) is 6.54 Å². The van der Waals surface area contributed by atoms with Gasteiger partial charge in [0.05, 0.1) is 6.61 Å². The standard InChI is InChI=1S/C7H15NO/c1-2-3-5-8-6-4-7-9/h4,6,8-9H,2-3,5,7H2,1H3/b6-4-. The predicted octanol–water partition coefficient (Wildman–Crippen LogP) is 0.882. The van der Waals surface area contributed by atoms with E-state index in [1.54, 1.807) is 12.3 Å². The van der Waals surface area contributed by atoms with Crippen molar-refractivity contribution in [3.8, 4) is 0 Å². The minimum atomic E-state index is 0.124. The van der Waals surface area contributed by atoms with Crippen molar-refractivity contribution in [1.82, 2.24) is 5.32 Å². The Morgan fingerprint density at radius 3 is 2.89 bits per heavy atom. The third-order valence-corrected chi connectivity index (χ3v) is 1.02. The lowest BCUT2D eigenvalue weighted by atomic mass is 10.3. The van der Waals surface area contributed by atoms with Gasteiger partial charge < -0.3 is 10.4 Å². The monoisotopic (exact) mass is 129 g/mol. The molecule has 0 aliphatic heterocycles. The molecule has 0 aromatic rings. The summed E-state index contributed by atoms with van der Waals surface area (Å²) in [7, 11) is 0. The summed E-state index contributed by atoms with van der Waals surface area (Å²) < 4.78 is 0. The highest BCUT2D eigenvalue weighted by molar-refractivity contribution is 4.77. The molecule has 0 rings (SSSR count). The minimum Gasteiger partial charge on any atom is -0.392 e. The van der Waals surface area contributed by atoms with Gasteiger partial charge in [-0.25, -0.2) is 0 Å². The Morgan fingerprint density at radius 1 is 1.56 bits per heavy atom. The number of hydrogen-bond donors (Lipinski definition) is 2. The molecule has 0 amide bonds. The van der Waals surface area contributed by atoms with Gasteiger partial charge in [0.1, 0.15) is 0 Å². The molecule has 2 N–H and O–H groups in total. The quantitative estimate of drug-likeness (QED) is 0.540. The van der Waals surface area contributed by atoms with Gasteiger partial charge in [-0.1, -0.05) is 13.3 Å². The summed E-state index contributed by atoms with van der Waals surface area (Å²) in [5.74, 6) is 0. The highest BCUT2D eigenvalue weighted by Crippen LogP contribution is 1.81. The fourth-order valence-corrected chi connectivity index (χ4v) is 0.498. The molecule has 0 atom stereocenters. The average molecular weight is 129 g/mol. The van der Waals surface area contributed by atoms with Crippen molar-refractivity contribution in [2.45, 2.75) is 19.8 Å². The lowest BCUT2D eigenvalue weighted by molar-refractivity contribution is 0.342. The molecule has 0 heterocycles. The Morgan fingerprint density at radius 2 is 2.33 bits per heavy atom. The Labute approximate surface area is 56.6 Å². The first-order chi connectivity index (χ1) is 4.41. The Balaban J connectivity index is 2.82. The van der Waals surface area contributed by atoms with E-state index in [0.29, 0.717) is 0 Å². The third-order valence-electron chi connectivity index (χ3n) is 1.02. The van der Waals surface area contributed by atoms with E-state index >= 15 is 0 Å². The number of aliphatic hydroxyl groups is 1. The van der Waals surface area contributed by atoms with Gasteiger partial charge in [0.15, 0.2) is 0 Å². The van der Waals surface area contributed by atoms with Crippen LogP contribution in [0.4, 0.5) is 0 Å². The first-order valence-electron chi connectivity index (χ1n) is 3.41. The van der Waals surface area contributed by atoms with Gasteiger partial charge in [0, 0.05) is 6.54 Å². The van der Waals surface area contributed by atoms with Crippen LogP contribution in [0.5, 0.6) is 0 Å². The summed E-state index contributed by atoms with van der Waals surface area (Å²) in [5.41, 5.74) is 0. The van der Waals surface area contributed by atoms with Crippen LogP contribution >= 0.6 is 0 Å². The van der Waals surface area contributed by atoms with Crippen molar-refractivity contribution in [2.75, 3.05) is 13.2 Å². The average Bonchev–Trinajstić information content (AvgIpc) is 1.89. The first-order valence-corrected chi connectivity index (χ1v) is 3.41. The highest BCUT2D eigenvalue weighted by atomic mass is 16.2. The molecule has 0 aliphatic carbocycles. The van der Waals surface area contributed by atoms with Crippen LogP contribution in [0, 0.1) is 0 Å². The molecule has 0 unspecified atom stereocenters. The molecule has 0 radical (unpaired) electrons. The van der Waals surface area contributed by atoms with Crippen LogP contribution in [0.15, 0.2) is 12.3 Å². The van der Waals surface area contributed by atoms with Gasteiger partial charge >= 0.3 is 0 Å². The molecule has 0 aromatic carbocycles. The fraction of sp³-hybridized carbons (Fsp3) is 0.714. The summed E-state index contributed by atoms with van der Waals surface area (Å²) >= 11 is 0. The summed E-state index contributed by atoms with van der Waals surface area (Å²) in [6.07, 6.45) is 5.88. The molecule has 54 valence electrons. The van der Waals surface area contributed by atoms with Crippen LogP contribution in [0.2, 0.25) is 0 Å². The molecule has 0 bridgehead atoms. The van der Waals surface area contributed by atoms with Crippen molar-refractivity contribution < 1.29 is 5.11 Å². The third kappa shape index (κ3) is 7.50. The summed E-state index contributed by atoms with van der Waals surface area (Å²) in [6.45, 7) is 3.28. The number of nitrogens with one attached hydrogen (secondary N) is 1. The van der Waals surface area contributed by atoms with Crippen LogP contribution in [-0.4, -0.2) is 18.3 Å². The van der Waals surface area contributed by atoms with Crippen molar-refractivity contribution in [3.05, 3.63) is 12.3 Å². The van der Waals surface area contributed by atoms with Gasteiger partial charge in [-0.2, -0.15) is 0 Å². The normalized spacial score (nSPS) is 10.4. The molecule has 2 nitrogen and oxygen atoms in total. The molecular weight excluding hydrogens is 114 g/mol.